The first-order chi connectivity index (χ1) is 31.9. The van der Waals surface area contributed by atoms with Gasteiger partial charge < -0.3 is 49.7 Å². The molecule has 66 heavy (non-hydrogen) atoms. The number of amides is 4. The van der Waals surface area contributed by atoms with Crippen LogP contribution in [0, 0.1) is 12.8 Å². The lowest BCUT2D eigenvalue weighted by atomic mass is 9.92. The van der Waals surface area contributed by atoms with E-state index in [1.165, 1.54) is 27.1 Å². The number of nitrogens with zero attached hydrogens (tertiary/aromatic N) is 4. The van der Waals surface area contributed by atoms with Gasteiger partial charge in [0.25, 0.3) is 0 Å². The molecule has 0 fully saturated rings. The van der Waals surface area contributed by atoms with Crippen molar-refractivity contribution in [1.29, 1.82) is 0 Å². The largest absolute Gasteiger partial charge is 0.488 e. The van der Waals surface area contributed by atoms with E-state index in [4.69, 9.17) is 9.73 Å². The second-order valence-electron chi connectivity index (χ2n) is 14.2. The molecule has 4 N–H and O–H groups in total. The quantitative estimate of drug-likeness (QED) is 0.0660. The number of fused-ring (bicyclic) bond motifs is 4. The molecule has 0 spiro atoms. The number of H-pyrrole nitrogens is 1. The molecule has 0 bridgehead atoms. The molecule has 0 unspecified atom stereocenters. The number of ether oxygens (including phenoxy) is 4. The second-order valence-corrected chi connectivity index (χ2v) is 14.2. The Kier molecular flexibility index (Phi) is 31.3. The maximum atomic E-state index is 12.7. The summed E-state index contributed by atoms with van der Waals surface area (Å²) < 4.78 is 19.7. The maximum Gasteiger partial charge on any atom is 0.407 e. The third-order valence-electron chi connectivity index (χ3n) is 8.77. The average molecular weight is 917 g/mol. The lowest BCUT2D eigenvalue weighted by molar-refractivity contribution is -0.131. The van der Waals surface area contributed by atoms with E-state index in [9.17, 15) is 19.2 Å². The number of alkyl carbamates (subject to hydrolysis) is 2. The fraction of sp³-hybridized carbons (Fsp3) is 0.480. The lowest BCUT2D eigenvalue weighted by Crippen LogP contribution is -2.41. The van der Waals surface area contributed by atoms with E-state index in [0.29, 0.717) is 25.5 Å². The normalized spacial score (nSPS) is 10.3. The van der Waals surface area contributed by atoms with E-state index in [2.05, 4.69) is 98.9 Å². The summed E-state index contributed by atoms with van der Waals surface area (Å²) in [5, 5.41) is 10.1. The second kappa shape index (κ2) is 34.8. The van der Waals surface area contributed by atoms with Crippen molar-refractivity contribution in [3.63, 3.8) is 0 Å². The topological polar surface area (TPSA) is 189 Å². The van der Waals surface area contributed by atoms with Crippen LogP contribution in [-0.2, 0) is 37.0 Å². The van der Waals surface area contributed by atoms with Crippen LogP contribution >= 0.6 is 0 Å². The molecule has 3 aromatic carbocycles. The summed E-state index contributed by atoms with van der Waals surface area (Å²) in [6, 6.07) is 14.3. The number of aromatic nitrogens is 2. The molecule has 1 aliphatic rings. The summed E-state index contributed by atoms with van der Waals surface area (Å²) in [5.74, 6) is 0.943. The number of aromatic amines is 1. The number of hydrogen-bond donors (Lipinski definition) is 4. The first kappa shape index (κ1) is 59.4. The Morgan fingerprint density at radius 2 is 1.38 bits per heavy atom. The summed E-state index contributed by atoms with van der Waals surface area (Å²) in [4.78, 5) is 64.1. The van der Waals surface area contributed by atoms with Gasteiger partial charge in [0, 0.05) is 51.5 Å². The molecule has 0 saturated heterocycles. The molecule has 0 saturated carbocycles. The molecule has 0 aliphatic carbocycles. The van der Waals surface area contributed by atoms with Gasteiger partial charge in [0.1, 0.15) is 31.3 Å². The van der Waals surface area contributed by atoms with Crippen LogP contribution in [0.3, 0.4) is 0 Å². The van der Waals surface area contributed by atoms with Crippen LogP contribution in [0.5, 0.6) is 5.75 Å². The summed E-state index contributed by atoms with van der Waals surface area (Å²) in [7, 11) is 7.60. The van der Waals surface area contributed by atoms with Gasteiger partial charge in [-0.25, -0.2) is 14.6 Å². The van der Waals surface area contributed by atoms with Crippen LogP contribution < -0.4 is 20.7 Å². The Morgan fingerprint density at radius 3 is 1.92 bits per heavy atom. The van der Waals surface area contributed by atoms with Gasteiger partial charge in [-0.05, 0) is 59.2 Å². The number of carbonyl (C=O) groups excluding carboxylic acids is 4. The highest BCUT2D eigenvalue weighted by atomic mass is 16.5. The van der Waals surface area contributed by atoms with Gasteiger partial charge in [-0.15, -0.1) is 12.8 Å². The van der Waals surface area contributed by atoms with Crippen molar-refractivity contribution >= 4 is 52.4 Å². The zero-order valence-corrected chi connectivity index (χ0v) is 41.7. The zero-order chi connectivity index (χ0) is 50.0. The van der Waals surface area contributed by atoms with Crippen molar-refractivity contribution in [1.82, 2.24) is 30.4 Å². The minimum atomic E-state index is -0.657. The molecular formula is C50H76N8O8. The Labute approximate surface area is 393 Å². The summed E-state index contributed by atoms with van der Waals surface area (Å²) >= 11 is 0. The minimum Gasteiger partial charge on any atom is -0.488 e. The minimum absolute atomic E-state index is 0.154. The number of imidazole rings is 1. The first-order valence-corrected chi connectivity index (χ1v) is 22.5. The standard InChI is InChI=1S/C38H46N8O7.2C3H8.C2H6O.C2H6.C2H2/c1-6-13-45(34(47)20-42-37(49)51-4)15-12-40-30-11-9-24-17-29-27-10-8-25(16-26(27)23-53-32(29)18-28(24)36(30)39-3)31-19-41-33(44-31)22-46(14-7-2)35(48)21-43-38(50)52-5;3*1-3-2;2*1-2/h8-12,16-19,39H,6-7,13-15,20-23H2,1-5H3,(H,41,44)(H,42,49)(H,43,50);2*3H2,1-2H3;1-2H3;1-2H3;1-2H. The summed E-state index contributed by atoms with van der Waals surface area (Å²) in [6.45, 7) is 18.1. The number of aliphatic imine (C=N–C) groups is 1. The van der Waals surface area contributed by atoms with Crippen molar-refractivity contribution in [3.8, 4) is 41.0 Å². The SMILES string of the molecule is C#C.CC.CCC.CCC.CCCN(CC=Nc1ccc2cc3c(cc2c1NC)OCc1cc(-c2cnc(CN(CCC)C(=O)CNC(=O)OC)[nH]2)ccc1-3)C(=O)CNC(=O)OC.COC. The van der Waals surface area contributed by atoms with E-state index < -0.39 is 12.2 Å². The number of hydrogen-bond acceptors (Lipinski definition) is 11. The number of anilines is 1. The fourth-order valence-corrected chi connectivity index (χ4v) is 6.16. The van der Waals surface area contributed by atoms with E-state index >= 15 is 0 Å². The monoisotopic (exact) mass is 917 g/mol. The van der Waals surface area contributed by atoms with Gasteiger partial charge in [-0.3, -0.25) is 14.6 Å². The highest BCUT2D eigenvalue weighted by Crippen LogP contribution is 2.44. The third-order valence-corrected chi connectivity index (χ3v) is 8.77. The zero-order valence-electron chi connectivity index (χ0n) is 41.7. The van der Waals surface area contributed by atoms with E-state index in [0.717, 1.165) is 68.7 Å². The highest BCUT2D eigenvalue weighted by Gasteiger charge is 2.22. The molecule has 16 nitrogen and oxygen atoms in total. The number of carbonyl (C=O) groups is 4. The van der Waals surface area contributed by atoms with Gasteiger partial charge in [-0.2, -0.15) is 0 Å². The maximum absolute atomic E-state index is 12.7. The van der Waals surface area contributed by atoms with Gasteiger partial charge in [0.15, 0.2) is 0 Å². The van der Waals surface area contributed by atoms with E-state index in [1.807, 2.05) is 59.0 Å². The molecule has 5 rings (SSSR count). The molecule has 364 valence electrons. The molecule has 1 aliphatic heterocycles. The van der Waals surface area contributed by atoms with Gasteiger partial charge in [0.2, 0.25) is 11.8 Å². The smallest absolute Gasteiger partial charge is 0.407 e. The fourth-order valence-electron chi connectivity index (χ4n) is 6.16. The first-order valence-electron chi connectivity index (χ1n) is 22.5. The van der Waals surface area contributed by atoms with Crippen LogP contribution in [-0.4, -0.2) is 118 Å². The van der Waals surface area contributed by atoms with Crippen molar-refractivity contribution in [3.05, 3.63) is 60.0 Å². The molecule has 0 radical (unpaired) electrons. The lowest BCUT2D eigenvalue weighted by Gasteiger charge is -2.23. The van der Waals surface area contributed by atoms with Gasteiger partial charge in [-0.1, -0.05) is 86.4 Å². The molecule has 1 aromatic heterocycles. The molecule has 2 heterocycles. The Hall–Kier alpha value is -6.60. The van der Waals surface area contributed by atoms with Crippen molar-refractivity contribution in [2.45, 2.75) is 94.2 Å². The molecule has 16 heteroatoms. The number of benzene rings is 3. The number of nitrogens with one attached hydrogen (secondary N) is 4. The molecular weight excluding hydrogens is 841 g/mol. The molecule has 4 amide bonds. The Morgan fingerprint density at radius 1 is 0.818 bits per heavy atom. The van der Waals surface area contributed by atoms with Crippen molar-refractivity contribution in [2.75, 3.05) is 73.5 Å². The van der Waals surface area contributed by atoms with Gasteiger partial charge >= 0.3 is 12.2 Å². The Bertz CT molecular complexity index is 2090. The number of rotatable bonds is 15. The molecule has 0 atom stereocenters. The third kappa shape index (κ3) is 19.2. The highest BCUT2D eigenvalue weighted by molar-refractivity contribution is 6.03. The van der Waals surface area contributed by atoms with Crippen LogP contribution in [0.4, 0.5) is 21.0 Å². The Balaban J connectivity index is 0.00000293. The van der Waals surface area contributed by atoms with E-state index in [-0.39, 0.29) is 38.0 Å². The van der Waals surface area contributed by atoms with E-state index in [1.54, 1.807) is 36.4 Å². The number of terminal acetylenes is 1. The predicted octanol–water partition coefficient (Wildman–Crippen LogP) is 9.59. The van der Waals surface area contributed by atoms with Crippen molar-refractivity contribution < 1.29 is 38.1 Å². The van der Waals surface area contributed by atoms with Crippen LogP contribution in [0.2, 0.25) is 0 Å². The summed E-state index contributed by atoms with van der Waals surface area (Å²) in [6.07, 6.45) is 14.2. The summed E-state index contributed by atoms with van der Waals surface area (Å²) in [5.41, 5.74) is 6.40. The van der Waals surface area contributed by atoms with Crippen LogP contribution in [0.25, 0.3) is 33.2 Å². The average Bonchev–Trinajstić information content (AvgIpc) is 3.81. The van der Waals surface area contributed by atoms with Crippen molar-refractivity contribution in [2.24, 2.45) is 4.99 Å². The van der Waals surface area contributed by atoms with Crippen LogP contribution in [0.15, 0.2) is 53.7 Å². The number of methoxy groups -OCH3 is 3. The molecule has 4 aromatic rings. The van der Waals surface area contributed by atoms with Gasteiger partial charge in [0.05, 0.1) is 50.6 Å². The van der Waals surface area contributed by atoms with Crippen LogP contribution in [0.1, 0.15) is 92.5 Å². The predicted molar refractivity (Wildman–Crippen MR) is 268 cm³/mol.